The van der Waals surface area contributed by atoms with Crippen LogP contribution in [-0.2, 0) is 21.2 Å². The van der Waals surface area contributed by atoms with Crippen LogP contribution in [0.5, 0.6) is 0 Å². The number of hydrogen-bond acceptors (Lipinski definition) is 3. The number of rotatable bonds is 4. The quantitative estimate of drug-likeness (QED) is 0.882. The van der Waals surface area contributed by atoms with Gasteiger partial charge in [-0.25, -0.2) is 8.42 Å². The van der Waals surface area contributed by atoms with Gasteiger partial charge in [0.25, 0.3) is 10.0 Å². The van der Waals surface area contributed by atoms with Gasteiger partial charge in [-0.1, -0.05) is 25.4 Å². The lowest BCUT2D eigenvalue weighted by Crippen LogP contribution is -2.32. The zero-order valence-corrected chi connectivity index (χ0v) is 15.6. The van der Waals surface area contributed by atoms with E-state index < -0.39 is 10.0 Å². The van der Waals surface area contributed by atoms with Crippen molar-refractivity contribution in [3.63, 3.8) is 0 Å². The molecule has 7 heteroatoms. The van der Waals surface area contributed by atoms with Crippen molar-refractivity contribution >= 4 is 38.9 Å². The molecule has 5 nitrogen and oxygen atoms in total. The number of sulfonamides is 1. The first kappa shape index (κ1) is 17.8. The van der Waals surface area contributed by atoms with Gasteiger partial charge in [0.05, 0.1) is 4.90 Å². The second-order valence-electron chi connectivity index (χ2n) is 6.30. The Labute approximate surface area is 152 Å². The molecule has 0 spiro atoms. The minimum Gasteiger partial charge on any atom is -0.312 e. The molecule has 1 heterocycles. The van der Waals surface area contributed by atoms with E-state index in [-0.39, 0.29) is 16.7 Å². The molecule has 25 heavy (non-hydrogen) atoms. The standard InChI is InChI=1S/C18H19ClN2O3S/c1-12(2)18(22)21-10-9-13-11-15(5-8-17(13)21)20-25(23,24)16-6-3-14(19)4-7-16/h3-8,11-12,20H,9-10H2,1-2H3. The van der Waals surface area contributed by atoms with Crippen molar-refractivity contribution in [2.45, 2.75) is 25.2 Å². The summed E-state index contributed by atoms with van der Waals surface area (Å²) >= 11 is 5.80. The maximum Gasteiger partial charge on any atom is 0.261 e. The van der Waals surface area contributed by atoms with Crippen molar-refractivity contribution < 1.29 is 13.2 Å². The molecule has 3 rings (SSSR count). The van der Waals surface area contributed by atoms with E-state index in [1.165, 1.54) is 24.3 Å². The molecule has 0 aromatic heterocycles. The van der Waals surface area contributed by atoms with Crippen LogP contribution in [0.25, 0.3) is 0 Å². The van der Waals surface area contributed by atoms with Gasteiger partial charge in [-0.2, -0.15) is 0 Å². The molecule has 0 aliphatic carbocycles. The van der Waals surface area contributed by atoms with E-state index in [1.807, 2.05) is 13.8 Å². The largest absolute Gasteiger partial charge is 0.312 e. The fourth-order valence-electron chi connectivity index (χ4n) is 2.83. The van der Waals surface area contributed by atoms with Crippen LogP contribution in [0.1, 0.15) is 19.4 Å². The lowest BCUT2D eigenvalue weighted by Gasteiger charge is -2.19. The molecule has 0 radical (unpaired) electrons. The summed E-state index contributed by atoms with van der Waals surface area (Å²) in [5.41, 5.74) is 2.30. The molecule has 1 aliphatic rings. The molecule has 0 saturated heterocycles. The predicted octanol–water partition coefficient (Wildman–Crippen LogP) is 3.69. The maximum atomic E-state index is 12.5. The van der Waals surface area contributed by atoms with Crippen LogP contribution in [0.15, 0.2) is 47.4 Å². The molecule has 0 fully saturated rings. The summed E-state index contributed by atoms with van der Waals surface area (Å²) < 4.78 is 27.5. The van der Waals surface area contributed by atoms with Gasteiger partial charge in [-0.3, -0.25) is 9.52 Å². The molecule has 1 aliphatic heterocycles. The van der Waals surface area contributed by atoms with E-state index in [1.54, 1.807) is 23.1 Å². The molecular formula is C18H19ClN2O3S. The van der Waals surface area contributed by atoms with Gasteiger partial charge < -0.3 is 4.90 Å². The third kappa shape index (κ3) is 3.65. The number of anilines is 2. The monoisotopic (exact) mass is 378 g/mol. The first-order valence-electron chi connectivity index (χ1n) is 8.00. The highest BCUT2D eigenvalue weighted by Crippen LogP contribution is 2.32. The van der Waals surface area contributed by atoms with E-state index in [9.17, 15) is 13.2 Å². The van der Waals surface area contributed by atoms with Crippen molar-refractivity contribution in [1.29, 1.82) is 0 Å². The number of nitrogens with one attached hydrogen (secondary N) is 1. The van der Waals surface area contributed by atoms with E-state index >= 15 is 0 Å². The maximum absolute atomic E-state index is 12.5. The third-order valence-electron chi connectivity index (χ3n) is 4.11. The smallest absolute Gasteiger partial charge is 0.261 e. The molecule has 0 unspecified atom stereocenters. The van der Waals surface area contributed by atoms with Gasteiger partial charge in [0, 0.05) is 28.9 Å². The number of hydrogen-bond donors (Lipinski definition) is 1. The van der Waals surface area contributed by atoms with Gasteiger partial charge in [0.2, 0.25) is 5.91 Å². The zero-order chi connectivity index (χ0) is 18.2. The summed E-state index contributed by atoms with van der Waals surface area (Å²) in [6.45, 7) is 4.36. The van der Waals surface area contributed by atoms with Crippen molar-refractivity contribution in [3.8, 4) is 0 Å². The summed E-state index contributed by atoms with van der Waals surface area (Å²) in [6, 6.07) is 11.3. The molecule has 2 aromatic carbocycles. The molecular weight excluding hydrogens is 360 g/mol. The van der Waals surface area contributed by atoms with Crippen molar-refractivity contribution in [1.82, 2.24) is 0 Å². The zero-order valence-electron chi connectivity index (χ0n) is 14.0. The van der Waals surface area contributed by atoms with Crippen LogP contribution < -0.4 is 9.62 Å². The van der Waals surface area contributed by atoms with E-state index in [0.29, 0.717) is 23.7 Å². The van der Waals surface area contributed by atoms with E-state index in [4.69, 9.17) is 11.6 Å². The van der Waals surface area contributed by atoms with Crippen LogP contribution in [-0.4, -0.2) is 20.9 Å². The van der Waals surface area contributed by atoms with Crippen LogP contribution in [0.2, 0.25) is 5.02 Å². The average molecular weight is 379 g/mol. The molecule has 132 valence electrons. The van der Waals surface area contributed by atoms with Crippen molar-refractivity contribution in [3.05, 3.63) is 53.1 Å². The molecule has 2 aromatic rings. The number of carbonyl (C=O) groups excluding carboxylic acids is 1. The second kappa shape index (κ2) is 6.69. The summed E-state index contributed by atoms with van der Waals surface area (Å²) in [5, 5.41) is 0.478. The summed E-state index contributed by atoms with van der Waals surface area (Å²) in [5.74, 6) is 0.00211. The second-order valence-corrected chi connectivity index (χ2v) is 8.42. The Morgan fingerprint density at radius 2 is 1.84 bits per heavy atom. The molecule has 1 N–H and O–H groups in total. The van der Waals surface area contributed by atoms with Gasteiger partial charge in [0.15, 0.2) is 0 Å². The Morgan fingerprint density at radius 1 is 1.16 bits per heavy atom. The highest BCUT2D eigenvalue weighted by Gasteiger charge is 2.26. The van der Waals surface area contributed by atoms with Crippen molar-refractivity contribution in [2.75, 3.05) is 16.2 Å². The Morgan fingerprint density at radius 3 is 2.48 bits per heavy atom. The Kier molecular flexibility index (Phi) is 4.75. The summed E-state index contributed by atoms with van der Waals surface area (Å²) in [7, 11) is -3.68. The Hall–Kier alpha value is -2.05. The van der Waals surface area contributed by atoms with Crippen molar-refractivity contribution in [2.24, 2.45) is 5.92 Å². The topological polar surface area (TPSA) is 66.5 Å². The van der Waals surface area contributed by atoms with Gasteiger partial charge in [0.1, 0.15) is 0 Å². The lowest BCUT2D eigenvalue weighted by molar-refractivity contribution is -0.121. The molecule has 0 saturated carbocycles. The Bertz CT molecular complexity index is 908. The minimum atomic E-state index is -3.68. The van der Waals surface area contributed by atoms with Gasteiger partial charge in [-0.05, 0) is 54.4 Å². The van der Waals surface area contributed by atoms with Crippen LogP contribution in [0.4, 0.5) is 11.4 Å². The lowest BCUT2D eigenvalue weighted by atomic mass is 10.1. The SMILES string of the molecule is CC(C)C(=O)N1CCc2cc(NS(=O)(=O)c3ccc(Cl)cc3)ccc21. The Balaban J connectivity index is 1.84. The van der Waals surface area contributed by atoms with Gasteiger partial charge in [-0.15, -0.1) is 0 Å². The average Bonchev–Trinajstić information content (AvgIpc) is 2.97. The van der Waals surface area contributed by atoms with Crippen LogP contribution >= 0.6 is 11.6 Å². The summed E-state index contributed by atoms with van der Waals surface area (Å²) in [6.07, 6.45) is 0.713. The number of benzene rings is 2. The highest BCUT2D eigenvalue weighted by atomic mass is 35.5. The fourth-order valence-corrected chi connectivity index (χ4v) is 4.01. The number of fused-ring (bicyclic) bond motifs is 1. The highest BCUT2D eigenvalue weighted by molar-refractivity contribution is 7.92. The van der Waals surface area contributed by atoms with Crippen LogP contribution in [0.3, 0.4) is 0 Å². The first-order valence-corrected chi connectivity index (χ1v) is 9.87. The molecule has 1 amide bonds. The minimum absolute atomic E-state index is 0.0750. The summed E-state index contributed by atoms with van der Waals surface area (Å²) in [4.78, 5) is 14.1. The first-order chi connectivity index (χ1) is 11.8. The molecule has 0 atom stereocenters. The predicted molar refractivity (Wildman–Crippen MR) is 99.6 cm³/mol. The normalized spacial score (nSPS) is 13.8. The molecule has 0 bridgehead atoms. The van der Waals surface area contributed by atoms with E-state index in [0.717, 1.165) is 11.3 Å². The fraction of sp³-hybridized carbons (Fsp3) is 0.278. The number of nitrogens with zero attached hydrogens (tertiary/aromatic N) is 1. The van der Waals surface area contributed by atoms with Gasteiger partial charge >= 0.3 is 0 Å². The van der Waals surface area contributed by atoms with E-state index in [2.05, 4.69) is 4.72 Å². The number of carbonyl (C=O) groups is 1. The number of halogens is 1. The number of amides is 1. The third-order valence-corrected chi connectivity index (χ3v) is 5.76. The van der Waals surface area contributed by atoms with Crippen LogP contribution in [0, 0.1) is 5.92 Å².